The van der Waals surface area contributed by atoms with Crippen molar-refractivity contribution in [2.45, 2.75) is 184 Å². The van der Waals surface area contributed by atoms with Crippen LogP contribution in [0.3, 0.4) is 0 Å². The van der Waals surface area contributed by atoms with Gasteiger partial charge in [0.1, 0.15) is 0 Å². The molecular weight excluding hydrogens is 679 g/mol. The van der Waals surface area contributed by atoms with Gasteiger partial charge in [0.05, 0.1) is 24.7 Å². The van der Waals surface area contributed by atoms with E-state index in [0.717, 1.165) is 25.7 Å². The summed E-state index contributed by atoms with van der Waals surface area (Å²) < 4.78 is 10.1. The molecule has 0 aliphatic carbocycles. The minimum atomic E-state index is -0.210. The fourth-order valence-corrected chi connectivity index (χ4v) is 4.20. The average molecular weight is 756 g/mol. The smallest absolute Gasteiger partial charge is 0.315 e. The summed E-state index contributed by atoms with van der Waals surface area (Å²) in [6, 6.07) is 0. The van der Waals surface area contributed by atoms with Gasteiger partial charge < -0.3 is 9.47 Å². The van der Waals surface area contributed by atoms with Crippen LogP contribution in [-0.2, 0) is 19.1 Å². The van der Waals surface area contributed by atoms with Crippen LogP contribution in [0.2, 0.25) is 0 Å². The van der Waals surface area contributed by atoms with Crippen molar-refractivity contribution in [3.05, 3.63) is 0 Å². The molecule has 2 atom stereocenters. The van der Waals surface area contributed by atoms with Gasteiger partial charge in [-0.1, -0.05) is 171 Å². The van der Waals surface area contributed by atoms with Crippen molar-refractivity contribution in [2.75, 3.05) is 24.7 Å². The predicted molar refractivity (Wildman–Crippen MR) is 200 cm³/mol. The van der Waals surface area contributed by atoms with Gasteiger partial charge in [-0.3, -0.25) is 9.59 Å². The molecule has 43 heavy (non-hydrogen) atoms. The van der Waals surface area contributed by atoms with E-state index < -0.39 is 0 Å². The van der Waals surface area contributed by atoms with Gasteiger partial charge >= 0.3 is 11.9 Å². The molecule has 0 aromatic rings. The van der Waals surface area contributed by atoms with Crippen LogP contribution in [-0.4, -0.2) is 60.6 Å². The summed E-state index contributed by atoms with van der Waals surface area (Å²) in [7, 11) is 0. The average Bonchev–Trinajstić information content (AvgIpc) is 3.02. The Labute approximate surface area is 298 Å². The Kier molecular flexibility index (Phi) is 60.7. The van der Waals surface area contributed by atoms with E-state index in [2.05, 4.69) is 80.6 Å². The molecular formula is C36H76O4S2Sn. The fourth-order valence-electron chi connectivity index (χ4n) is 4.02. The zero-order valence-corrected chi connectivity index (χ0v) is 34.8. The Morgan fingerprint density at radius 2 is 0.721 bits per heavy atom. The second-order valence-corrected chi connectivity index (χ2v) is 12.0. The van der Waals surface area contributed by atoms with Gasteiger partial charge in [-0.15, -0.1) is 0 Å². The first-order valence-corrected chi connectivity index (χ1v) is 19.1. The molecule has 2 unspecified atom stereocenters. The number of rotatable bonds is 24. The number of ether oxygens (including phenoxy) is 2. The SMILES string of the molecule is CCCCC(CC)COC(=O)CS.CCCCC(CC)COC(=O)CS.CCCCCCCC.CCCCCCCC.[Sn]. The number of hydrogen-bond acceptors (Lipinski definition) is 6. The second-order valence-electron chi connectivity index (χ2n) is 11.3. The molecule has 0 aliphatic rings. The van der Waals surface area contributed by atoms with Crippen molar-refractivity contribution in [3.63, 3.8) is 0 Å². The Bertz CT molecular complexity index is 454. The molecule has 0 aromatic heterocycles. The number of unbranched alkanes of at least 4 members (excludes halogenated alkanes) is 12. The van der Waals surface area contributed by atoms with Gasteiger partial charge in [0.25, 0.3) is 0 Å². The standard InChI is InChI=1S/2C10H20O2S.2C8H18.Sn/c2*1-3-5-6-9(4-2)7-12-10(11)8-13;2*1-3-5-7-8-6-4-2;/h2*9,13H,3-8H2,1-2H3;2*3-8H2,1-2H3;. The summed E-state index contributed by atoms with van der Waals surface area (Å²) in [5.41, 5.74) is 0. The minimum Gasteiger partial charge on any atom is -0.465 e. The van der Waals surface area contributed by atoms with E-state index in [9.17, 15) is 9.59 Å². The Morgan fingerprint density at radius 3 is 0.907 bits per heavy atom. The quantitative estimate of drug-likeness (QED) is 0.0446. The molecule has 4 nitrogen and oxygen atoms in total. The van der Waals surface area contributed by atoms with E-state index in [1.807, 2.05) is 0 Å². The monoisotopic (exact) mass is 756 g/mol. The van der Waals surface area contributed by atoms with Crippen LogP contribution >= 0.6 is 25.3 Å². The molecule has 0 bridgehead atoms. The summed E-state index contributed by atoms with van der Waals surface area (Å²) in [5.74, 6) is 1.01. The first kappa shape index (κ1) is 52.9. The van der Waals surface area contributed by atoms with Crippen molar-refractivity contribution in [2.24, 2.45) is 11.8 Å². The number of thiol groups is 2. The number of hydrogen-bond donors (Lipinski definition) is 2. The van der Waals surface area contributed by atoms with Crippen LogP contribution in [0, 0.1) is 11.8 Å². The molecule has 0 rings (SSSR count). The normalized spacial score (nSPS) is 11.2. The van der Waals surface area contributed by atoms with Crippen LogP contribution in [0.5, 0.6) is 0 Å². The second kappa shape index (κ2) is 49.3. The third kappa shape index (κ3) is 52.3. The predicted octanol–water partition coefficient (Wildman–Crippen LogP) is 11.7. The maximum atomic E-state index is 10.8. The van der Waals surface area contributed by atoms with E-state index in [1.165, 1.54) is 103 Å². The van der Waals surface area contributed by atoms with E-state index >= 15 is 0 Å². The molecule has 0 heterocycles. The van der Waals surface area contributed by atoms with E-state index in [0.29, 0.717) is 25.0 Å². The van der Waals surface area contributed by atoms with Gasteiger partial charge in [-0.2, -0.15) is 25.3 Å². The molecule has 0 N–H and O–H groups in total. The summed E-state index contributed by atoms with van der Waals surface area (Å²) in [4.78, 5) is 21.6. The van der Waals surface area contributed by atoms with Crippen LogP contribution in [0.15, 0.2) is 0 Å². The van der Waals surface area contributed by atoms with Crippen molar-refractivity contribution < 1.29 is 19.1 Å². The summed E-state index contributed by atoms with van der Waals surface area (Å²) in [5, 5.41) is 0. The summed E-state index contributed by atoms with van der Waals surface area (Å²) in [6.07, 6.45) is 26.3. The van der Waals surface area contributed by atoms with E-state index in [4.69, 9.17) is 9.47 Å². The zero-order chi connectivity index (χ0) is 32.7. The number of esters is 2. The first-order valence-electron chi connectivity index (χ1n) is 17.8. The molecule has 0 spiro atoms. The third-order valence-corrected chi connectivity index (χ3v) is 7.74. The number of carbonyl (C=O) groups excluding carboxylic acids is 2. The van der Waals surface area contributed by atoms with Gasteiger partial charge in [-0.05, 0) is 24.7 Å². The van der Waals surface area contributed by atoms with Crippen LogP contribution in [0.25, 0.3) is 0 Å². The van der Waals surface area contributed by atoms with Gasteiger partial charge in [0, 0.05) is 23.9 Å². The molecule has 0 aromatic carbocycles. The topological polar surface area (TPSA) is 52.6 Å². The van der Waals surface area contributed by atoms with E-state index in [-0.39, 0.29) is 47.4 Å². The van der Waals surface area contributed by atoms with Gasteiger partial charge in [0.2, 0.25) is 0 Å². The Balaban J connectivity index is -0.000000152. The third-order valence-electron chi connectivity index (χ3n) is 7.22. The molecule has 7 heteroatoms. The summed E-state index contributed by atoms with van der Waals surface area (Å²) in [6.45, 7) is 18.8. The largest absolute Gasteiger partial charge is 0.465 e. The summed E-state index contributed by atoms with van der Waals surface area (Å²) >= 11 is 7.69. The first-order chi connectivity index (χ1) is 20.3. The van der Waals surface area contributed by atoms with Crippen molar-refractivity contribution in [1.29, 1.82) is 0 Å². The molecule has 4 radical (unpaired) electrons. The van der Waals surface area contributed by atoms with Gasteiger partial charge in [-0.25, -0.2) is 0 Å². The fraction of sp³-hybridized carbons (Fsp3) is 0.944. The van der Waals surface area contributed by atoms with Crippen molar-refractivity contribution in [1.82, 2.24) is 0 Å². The van der Waals surface area contributed by atoms with Crippen LogP contribution in [0.1, 0.15) is 184 Å². The van der Waals surface area contributed by atoms with E-state index in [1.54, 1.807) is 0 Å². The Morgan fingerprint density at radius 1 is 0.465 bits per heavy atom. The van der Waals surface area contributed by atoms with Crippen molar-refractivity contribution >= 4 is 61.1 Å². The van der Waals surface area contributed by atoms with Crippen LogP contribution < -0.4 is 0 Å². The number of carbonyl (C=O) groups is 2. The van der Waals surface area contributed by atoms with Crippen LogP contribution in [0.4, 0.5) is 0 Å². The zero-order valence-electron chi connectivity index (χ0n) is 30.2. The van der Waals surface area contributed by atoms with Crippen molar-refractivity contribution in [3.8, 4) is 0 Å². The molecule has 260 valence electrons. The molecule has 0 aliphatic heterocycles. The minimum absolute atomic E-state index is 0. The molecule has 0 fully saturated rings. The maximum absolute atomic E-state index is 10.8. The Hall–Kier alpha value is 0.439. The molecule has 0 saturated heterocycles. The maximum Gasteiger partial charge on any atom is 0.315 e. The molecule has 0 amide bonds. The van der Waals surface area contributed by atoms with Gasteiger partial charge in [0.15, 0.2) is 0 Å². The molecule has 0 saturated carbocycles.